The van der Waals surface area contributed by atoms with Gasteiger partial charge in [-0.1, -0.05) is 0 Å². The first-order valence-corrected chi connectivity index (χ1v) is 2.50. The zero-order valence-electron chi connectivity index (χ0n) is 5.29. The van der Waals surface area contributed by atoms with Crippen molar-refractivity contribution in [2.45, 2.75) is 0 Å². The Hall–Kier alpha value is -0.770. The number of nitrogens with two attached hydrogens (primary N) is 1. The van der Waals surface area contributed by atoms with Gasteiger partial charge >= 0.3 is 6.09 Å². The minimum atomic E-state index is -0.762. The molecule has 0 spiro atoms. The molecule has 53 valence electrons. The second-order valence-electron chi connectivity index (χ2n) is 1.37. The Bertz CT molecular complexity index is 84.3. The van der Waals surface area contributed by atoms with Gasteiger partial charge in [-0.05, 0) is 0 Å². The lowest BCUT2D eigenvalue weighted by Crippen LogP contribution is -2.14. The smallest absolute Gasteiger partial charge is 0.404 e. The SMILES string of the molecule is COC[CH]COC(N)=O. The van der Waals surface area contributed by atoms with Gasteiger partial charge in [0.15, 0.2) is 0 Å². The molecule has 0 atom stereocenters. The normalized spacial score (nSPS) is 9.00. The van der Waals surface area contributed by atoms with Crippen LogP contribution in [0.4, 0.5) is 4.79 Å². The highest BCUT2D eigenvalue weighted by Crippen LogP contribution is 1.80. The van der Waals surface area contributed by atoms with E-state index in [0.29, 0.717) is 6.61 Å². The maximum absolute atomic E-state index is 9.90. The van der Waals surface area contributed by atoms with Gasteiger partial charge in [0.05, 0.1) is 13.2 Å². The van der Waals surface area contributed by atoms with Crippen molar-refractivity contribution in [1.29, 1.82) is 0 Å². The second-order valence-corrected chi connectivity index (χ2v) is 1.37. The van der Waals surface area contributed by atoms with Crippen LogP contribution < -0.4 is 5.73 Å². The molecule has 0 bridgehead atoms. The largest absolute Gasteiger partial charge is 0.449 e. The predicted molar refractivity (Wildman–Crippen MR) is 31.7 cm³/mol. The van der Waals surface area contributed by atoms with Crippen LogP contribution in [-0.4, -0.2) is 26.4 Å². The van der Waals surface area contributed by atoms with Gasteiger partial charge in [0.25, 0.3) is 0 Å². The fourth-order valence-corrected chi connectivity index (χ4v) is 0.307. The molecule has 9 heavy (non-hydrogen) atoms. The Balaban J connectivity index is 2.83. The quantitative estimate of drug-likeness (QED) is 0.545. The van der Waals surface area contributed by atoms with Gasteiger partial charge in [-0.2, -0.15) is 0 Å². The second kappa shape index (κ2) is 5.37. The Morgan fingerprint density at radius 2 is 2.33 bits per heavy atom. The molecule has 0 rings (SSSR count). The van der Waals surface area contributed by atoms with Gasteiger partial charge in [0.2, 0.25) is 0 Å². The van der Waals surface area contributed by atoms with Crippen LogP contribution >= 0.6 is 0 Å². The summed E-state index contributed by atoms with van der Waals surface area (Å²) in [4.78, 5) is 9.90. The molecule has 4 nitrogen and oxygen atoms in total. The number of primary amides is 1. The summed E-state index contributed by atoms with van der Waals surface area (Å²) in [7, 11) is 1.56. The summed E-state index contributed by atoms with van der Waals surface area (Å²) in [6.07, 6.45) is 0.896. The van der Waals surface area contributed by atoms with Crippen molar-refractivity contribution in [3.05, 3.63) is 6.42 Å². The van der Waals surface area contributed by atoms with Crippen LogP contribution in [0.2, 0.25) is 0 Å². The molecule has 0 unspecified atom stereocenters. The molecule has 0 heterocycles. The number of amides is 1. The average Bonchev–Trinajstić information content (AvgIpc) is 1.80. The lowest BCUT2D eigenvalue weighted by Gasteiger charge is -1.98. The van der Waals surface area contributed by atoms with E-state index in [0.717, 1.165) is 0 Å². The number of carbonyl (C=O) groups excluding carboxylic acids is 1. The lowest BCUT2D eigenvalue weighted by molar-refractivity contribution is 0.154. The summed E-state index contributed by atoms with van der Waals surface area (Å²) >= 11 is 0. The van der Waals surface area contributed by atoms with Crippen molar-refractivity contribution in [3.63, 3.8) is 0 Å². The number of methoxy groups -OCH3 is 1. The molecular weight excluding hydrogens is 122 g/mol. The van der Waals surface area contributed by atoms with Gasteiger partial charge in [-0.15, -0.1) is 0 Å². The molecule has 0 aromatic heterocycles. The molecule has 1 radical (unpaired) electrons. The Morgan fingerprint density at radius 1 is 1.67 bits per heavy atom. The Labute approximate surface area is 53.9 Å². The van der Waals surface area contributed by atoms with E-state index >= 15 is 0 Å². The van der Waals surface area contributed by atoms with Crippen molar-refractivity contribution in [2.24, 2.45) is 5.73 Å². The van der Waals surface area contributed by atoms with Crippen LogP contribution in [0, 0.1) is 6.42 Å². The molecule has 0 saturated heterocycles. The monoisotopic (exact) mass is 132 g/mol. The fourth-order valence-electron chi connectivity index (χ4n) is 0.307. The van der Waals surface area contributed by atoms with E-state index in [1.54, 1.807) is 13.5 Å². The fraction of sp³-hybridized carbons (Fsp3) is 0.600. The van der Waals surface area contributed by atoms with Crippen molar-refractivity contribution >= 4 is 6.09 Å². The minimum absolute atomic E-state index is 0.211. The molecule has 0 aliphatic heterocycles. The molecule has 0 aliphatic carbocycles. The maximum atomic E-state index is 9.90. The summed E-state index contributed by atoms with van der Waals surface area (Å²) in [5.74, 6) is 0. The number of hydrogen-bond donors (Lipinski definition) is 1. The molecule has 4 heteroatoms. The third-order valence-corrected chi connectivity index (χ3v) is 0.628. The zero-order valence-corrected chi connectivity index (χ0v) is 5.29. The van der Waals surface area contributed by atoms with Crippen LogP contribution in [0.3, 0.4) is 0 Å². The number of hydrogen-bond acceptors (Lipinski definition) is 3. The van der Waals surface area contributed by atoms with Gasteiger partial charge in [-0.3, -0.25) is 0 Å². The molecule has 0 fully saturated rings. The van der Waals surface area contributed by atoms with E-state index < -0.39 is 6.09 Å². The minimum Gasteiger partial charge on any atom is -0.449 e. The maximum Gasteiger partial charge on any atom is 0.404 e. The molecule has 0 saturated carbocycles. The van der Waals surface area contributed by atoms with Crippen LogP contribution in [0.5, 0.6) is 0 Å². The topological polar surface area (TPSA) is 61.6 Å². The van der Waals surface area contributed by atoms with E-state index in [1.807, 2.05) is 0 Å². The summed E-state index contributed by atoms with van der Waals surface area (Å²) in [5.41, 5.74) is 4.65. The molecule has 1 amide bonds. The zero-order chi connectivity index (χ0) is 7.11. The molecular formula is C5H10NO3. The van der Waals surface area contributed by atoms with E-state index in [1.165, 1.54) is 0 Å². The number of ether oxygens (including phenoxy) is 2. The van der Waals surface area contributed by atoms with E-state index in [9.17, 15) is 4.79 Å². The molecule has 0 aromatic rings. The summed E-state index contributed by atoms with van der Waals surface area (Å²) in [6.45, 7) is 0.677. The number of carbonyl (C=O) groups is 1. The third kappa shape index (κ3) is 7.23. The average molecular weight is 132 g/mol. The van der Waals surface area contributed by atoms with Crippen LogP contribution in [0.15, 0.2) is 0 Å². The van der Waals surface area contributed by atoms with Crippen molar-refractivity contribution < 1.29 is 14.3 Å². The first-order valence-electron chi connectivity index (χ1n) is 2.50. The molecule has 2 N–H and O–H groups in total. The van der Waals surface area contributed by atoms with Crippen LogP contribution in [0.25, 0.3) is 0 Å². The first-order chi connectivity index (χ1) is 4.27. The van der Waals surface area contributed by atoms with E-state index in [4.69, 9.17) is 0 Å². The van der Waals surface area contributed by atoms with E-state index in [2.05, 4.69) is 15.2 Å². The van der Waals surface area contributed by atoms with Gasteiger partial charge in [0.1, 0.15) is 0 Å². The lowest BCUT2D eigenvalue weighted by atomic mass is 10.5. The standard InChI is InChI=1S/C5H10NO3/c1-8-3-2-4-9-5(6)7/h2H,3-4H2,1H3,(H2,6,7). The van der Waals surface area contributed by atoms with Crippen molar-refractivity contribution in [3.8, 4) is 0 Å². The highest BCUT2D eigenvalue weighted by molar-refractivity contribution is 5.64. The van der Waals surface area contributed by atoms with Crippen LogP contribution in [0.1, 0.15) is 0 Å². The van der Waals surface area contributed by atoms with Gasteiger partial charge < -0.3 is 15.2 Å². The molecule has 0 aliphatic rings. The van der Waals surface area contributed by atoms with Gasteiger partial charge in [0, 0.05) is 13.5 Å². The summed E-state index contributed by atoms with van der Waals surface area (Å²) in [5, 5.41) is 0. The summed E-state index contributed by atoms with van der Waals surface area (Å²) < 4.78 is 8.98. The summed E-state index contributed by atoms with van der Waals surface area (Å²) in [6, 6.07) is 0. The number of rotatable bonds is 4. The Kier molecular flexibility index (Phi) is 4.91. The first kappa shape index (κ1) is 8.23. The predicted octanol–water partition coefficient (Wildman–Crippen LogP) is -0.0676. The van der Waals surface area contributed by atoms with Crippen LogP contribution in [-0.2, 0) is 9.47 Å². The molecule has 0 aromatic carbocycles. The Morgan fingerprint density at radius 3 is 2.78 bits per heavy atom. The van der Waals surface area contributed by atoms with Crippen molar-refractivity contribution in [1.82, 2.24) is 0 Å². The third-order valence-electron chi connectivity index (χ3n) is 0.628. The van der Waals surface area contributed by atoms with Gasteiger partial charge in [-0.25, -0.2) is 4.79 Å². The van der Waals surface area contributed by atoms with Crippen molar-refractivity contribution in [2.75, 3.05) is 20.3 Å². The van der Waals surface area contributed by atoms with E-state index in [-0.39, 0.29) is 6.61 Å². The highest BCUT2D eigenvalue weighted by atomic mass is 16.5. The highest BCUT2D eigenvalue weighted by Gasteiger charge is 1.91.